The van der Waals surface area contributed by atoms with Crippen LogP contribution in [0.15, 0.2) is 58.2 Å². The van der Waals surface area contributed by atoms with E-state index in [-0.39, 0.29) is 12.1 Å². The molecule has 0 bridgehead atoms. The number of alkyl halides is 3. The van der Waals surface area contributed by atoms with Crippen molar-refractivity contribution < 1.29 is 32.9 Å². The summed E-state index contributed by atoms with van der Waals surface area (Å²) in [6, 6.07) is 8.88. The lowest BCUT2D eigenvalue weighted by Crippen LogP contribution is -2.21. The van der Waals surface area contributed by atoms with Crippen LogP contribution in [0.1, 0.15) is 11.7 Å². The number of pyridine rings is 2. The Morgan fingerprint density at radius 2 is 2.00 bits per heavy atom. The molecule has 1 aromatic carbocycles. The van der Waals surface area contributed by atoms with Gasteiger partial charge in [0, 0.05) is 18.9 Å². The number of anilines is 1. The number of ether oxygens (including phenoxy) is 1. The number of H-pyrrole nitrogens is 2. The van der Waals surface area contributed by atoms with Gasteiger partial charge in [0.15, 0.2) is 0 Å². The Morgan fingerprint density at radius 1 is 1.28 bits per heavy atom. The van der Waals surface area contributed by atoms with E-state index in [1.165, 1.54) is 0 Å². The highest BCUT2D eigenvalue weighted by atomic mass is 79.9. The number of hydrogen-bond donors (Lipinski definition) is 5. The number of aromatic amines is 2. The highest BCUT2D eigenvalue weighted by Gasteiger charge is 2.38. The minimum absolute atomic E-state index is 0.205. The van der Waals surface area contributed by atoms with E-state index in [4.69, 9.17) is 14.6 Å². The number of benzene rings is 1. The molecule has 3 heterocycles. The van der Waals surface area contributed by atoms with Crippen LogP contribution in [0.4, 0.5) is 18.9 Å². The number of halogens is 4. The fourth-order valence-electron chi connectivity index (χ4n) is 3.05. The molecule has 14 heteroatoms. The number of carboxylic acid groups (broad SMARTS) is 1. The van der Waals surface area contributed by atoms with Gasteiger partial charge < -0.3 is 30.2 Å². The van der Waals surface area contributed by atoms with E-state index in [2.05, 4.69) is 41.2 Å². The van der Waals surface area contributed by atoms with Crippen molar-refractivity contribution in [3.63, 3.8) is 0 Å². The zero-order valence-corrected chi connectivity index (χ0v) is 20.0. The quantitative estimate of drug-likeness (QED) is 0.234. The van der Waals surface area contributed by atoms with Crippen molar-refractivity contribution in [2.24, 2.45) is 0 Å². The summed E-state index contributed by atoms with van der Waals surface area (Å²) < 4.78 is 37.7. The second kappa shape index (κ2) is 11.2. The molecule has 0 radical (unpaired) electrons. The number of fused-ring (bicyclic) bond motifs is 1. The Bertz CT molecular complexity index is 1390. The van der Waals surface area contributed by atoms with Crippen LogP contribution in [0, 0.1) is 0 Å². The maximum absolute atomic E-state index is 12.5. The number of aromatic nitrogens is 4. The smallest absolute Gasteiger partial charge is 0.490 e. The van der Waals surface area contributed by atoms with Crippen molar-refractivity contribution in [3.05, 3.63) is 69.3 Å². The predicted molar refractivity (Wildman–Crippen MR) is 128 cm³/mol. The summed E-state index contributed by atoms with van der Waals surface area (Å²) in [6.07, 6.45) is -1.02. The highest BCUT2D eigenvalue weighted by Crippen LogP contribution is 2.29. The molecular formula is C22H19BrF3N5O5. The van der Waals surface area contributed by atoms with Gasteiger partial charge >= 0.3 is 12.1 Å². The molecule has 4 rings (SSSR count). The fourth-order valence-corrected chi connectivity index (χ4v) is 3.61. The average molecular weight is 570 g/mol. The van der Waals surface area contributed by atoms with Crippen LogP contribution >= 0.6 is 15.9 Å². The number of hydrogen-bond acceptors (Lipinski definition) is 7. The molecule has 0 saturated heterocycles. The third kappa shape index (κ3) is 6.40. The Kier molecular flexibility index (Phi) is 8.32. The highest BCUT2D eigenvalue weighted by molar-refractivity contribution is 9.10. The first-order chi connectivity index (χ1) is 17.0. The number of imidazole rings is 1. The predicted octanol–water partition coefficient (Wildman–Crippen LogP) is 3.86. The van der Waals surface area contributed by atoms with Crippen molar-refractivity contribution in [2.45, 2.75) is 12.3 Å². The molecule has 36 heavy (non-hydrogen) atoms. The van der Waals surface area contributed by atoms with Crippen LogP contribution < -0.4 is 15.6 Å². The van der Waals surface area contributed by atoms with Crippen LogP contribution in [-0.2, 0) is 4.79 Å². The first-order valence-electron chi connectivity index (χ1n) is 10.1. The molecule has 4 aromatic rings. The van der Waals surface area contributed by atoms with Gasteiger partial charge in [0.05, 0.1) is 40.6 Å². The Labute approximate surface area is 209 Å². The molecule has 0 spiro atoms. The molecule has 0 aliphatic heterocycles. The lowest BCUT2D eigenvalue weighted by atomic mass is 10.1. The molecule has 0 amide bonds. The topological polar surface area (TPSA) is 153 Å². The molecule has 0 aliphatic carbocycles. The van der Waals surface area contributed by atoms with Crippen molar-refractivity contribution >= 4 is 38.6 Å². The van der Waals surface area contributed by atoms with Gasteiger partial charge in [-0.25, -0.2) is 9.78 Å². The minimum Gasteiger partial charge on any atom is -0.496 e. The third-order valence-electron chi connectivity index (χ3n) is 4.77. The zero-order chi connectivity index (χ0) is 26.5. The number of carbonyl (C=O) groups is 1. The lowest BCUT2D eigenvalue weighted by Gasteiger charge is -2.16. The molecule has 0 saturated carbocycles. The summed E-state index contributed by atoms with van der Waals surface area (Å²) >= 11 is 3.42. The number of nitrogens with zero attached hydrogens (tertiary/aromatic N) is 2. The maximum atomic E-state index is 12.5. The van der Waals surface area contributed by atoms with Crippen LogP contribution in [0.3, 0.4) is 0 Å². The van der Waals surface area contributed by atoms with Gasteiger partial charge in [-0.3, -0.25) is 9.78 Å². The summed E-state index contributed by atoms with van der Waals surface area (Å²) in [4.78, 5) is 35.7. The number of carboxylic acids is 1. The minimum atomic E-state index is -5.08. The van der Waals surface area contributed by atoms with Gasteiger partial charge in [-0.2, -0.15) is 13.2 Å². The molecule has 0 fully saturated rings. The molecule has 0 aliphatic rings. The molecule has 3 aromatic heterocycles. The first kappa shape index (κ1) is 26.7. The van der Waals surface area contributed by atoms with Crippen molar-refractivity contribution in [1.82, 2.24) is 19.9 Å². The summed E-state index contributed by atoms with van der Waals surface area (Å²) in [6.45, 7) is 0.205. The van der Waals surface area contributed by atoms with E-state index < -0.39 is 18.2 Å². The van der Waals surface area contributed by atoms with Gasteiger partial charge in [0.25, 0.3) is 5.56 Å². The summed E-state index contributed by atoms with van der Waals surface area (Å²) in [5.74, 6) is -1.64. The third-order valence-corrected chi connectivity index (χ3v) is 5.39. The molecule has 190 valence electrons. The van der Waals surface area contributed by atoms with Gasteiger partial charge in [-0.05, 0) is 45.8 Å². The maximum Gasteiger partial charge on any atom is 0.490 e. The van der Waals surface area contributed by atoms with Crippen LogP contribution in [-0.4, -0.2) is 55.9 Å². The lowest BCUT2D eigenvalue weighted by molar-refractivity contribution is -0.192. The molecular weight excluding hydrogens is 551 g/mol. The average Bonchev–Trinajstić information content (AvgIpc) is 3.26. The van der Waals surface area contributed by atoms with E-state index in [0.717, 1.165) is 9.99 Å². The Balaban J connectivity index is 0.000000454. The molecule has 1 atom stereocenters. The van der Waals surface area contributed by atoms with Crippen molar-refractivity contribution in [2.75, 3.05) is 19.0 Å². The van der Waals surface area contributed by atoms with Gasteiger partial charge in [-0.15, -0.1) is 0 Å². The van der Waals surface area contributed by atoms with E-state index in [9.17, 15) is 23.1 Å². The molecule has 10 nitrogen and oxygen atoms in total. The standard InChI is InChI=1S/C20H18BrN5O3.C2HF3O2/c1-29-17-3-2-11(8-12(17)21)16(27)10-24-14-5-7-23-20(28)18(14)19-25-13-4-6-22-9-15(13)26-19;3-2(4,5)1(6)7/h2-9,16,27H,10H2,1H3,(H,25,26)(H2,23,24,28);(H,6,7). The first-order valence-corrected chi connectivity index (χ1v) is 10.9. The number of methoxy groups -OCH3 is 1. The number of aliphatic hydroxyl groups excluding tert-OH is 1. The SMILES string of the molecule is COc1ccc(C(O)CNc2cc[nH]c(=O)c2-c2nc3ccncc3[nH]2)cc1Br.O=C(O)C(F)(F)F. The second-order valence-corrected chi connectivity index (χ2v) is 8.02. The normalized spacial score (nSPS) is 11.9. The van der Waals surface area contributed by atoms with E-state index in [0.29, 0.717) is 33.9 Å². The summed E-state index contributed by atoms with van der Waals surface area (Å²) in [5.41, 5.74) is 2.81. The fraction of sp³-hybridized carbons (Fsp3) is 0.182. The molecule has 5 N–H and O–H groups in total. The summed E-state index contributed by atoms with van der Waals surface area (Å²) in [7, 11) is 1.58. The Morgan fingerprint density at radius 3 is 2.61 bits per heavy atom. The largest absolute Gasteiger partial charge is 0.496 e. The van der Waals surface area contributed by atoms with Gasteiger partial charge in [0.2, 0.25) is 0 Å². The van der Waals surface area contributed by atoms with Crippen molar-refractivity contribution in [1.29, 1.82) is 0 Å². The van der Waals surface area contributed by atoms with Crippen LogP contribution in [0.2, 0.25) is 0 Å². The number of nitrogens with one attached hydrogen (secondary N) is 3. The van der Waals surface area contributed by atoms with Crippen LogP contribution in [0.25, 0.3) is 22.4 Å². The number of aliphatic hydroxyl groups is 1. The van der Waals surface area contributed by atoms with Gasteiger partial charge in [-0.1, -0.05) is 6.07 Å². The second-order valence-electron chi connectivity index (χ2n) is 7.17. The Hall–Kier alpha value is -3.91. The zero-order valence-electron chi connectivity index (χ0n) is 18.4. The monoisotopic (exact) mass is 569 g/mol. The summed E-state index contributed by atoms with van der Waals surface area (Å²) in [5, 5.41) is 20.8. The van der Waals surface area contributed by atoms with E-state index in [1.54, 1.807) is 56.0 Å². The van der Waals surface area contributed by atoms with E-state index >= 15 is 0 Å². The number of aliphatic carboxylic acids is 1. The van der Waals surface area contributed by atoms with E-state index in [1.807, 2.05) is 0 Å². The van der Waals surface area contributed by atoms with Crippen LogP contribution in [0.5, 0.6) is 5.75 Å². The molecule has 1 unspecified atom stereocenters. The number of rotatable bonds is 6. The van der Waals surface area contributed by atoms with Gasteiger partial charge in [0.1, 0.15) is 17.1 Å². The van der Waals surface area contributed by atoms with Crippen molar-refractivity contribution in [3.8, 4) is 17.1 Å².